The molecule has 0 aliphatic heterocycles. The molecule has 4 nitrogen and oxygen atoms in total. The van der Waals surface area contributed by atoms with Crippen molar-refractivity contribution in [3.8, 4) is 0 Å². The van der Waals surface area contributed by atoms with Gasteiger partial charge in [-0.3, -0.25) is 4.79 Å². The molecule has 1 aromatic carbocycles. The van der Waals surface area contributed by atoms with Crippen LogP contribution in [0.2, 0.25) is 0 Å². The molecule has 0 aliphatic rings. The summed E-state index contributed by atoms with van der Waals surface area (Å²) in [6, 6.07) is 2.11. The molecule has 0 spiro atoms. The summed E-state index contributed by atoms with van der Waals surface area (Å²) in [5.74, 6) is -2.35. The zero-order valence-corrected chi connectivity index (χ0v) is 10.4. The maximum Gasteiger partial charge on any atom is 0.250 e. The van der Waals surface area contributed by atoms with Crippen LogP contribution in [0, 0.1) is 11.6 Å². The van der Waals surface area contributed by atoms with E-state index in [0.717, 1.165) is 12.1 Å². The number of amides is 1. The van der Waals surface area contributed by atoms with Gasteiger partial charge in [0.1, 0.15) is 12.3 Å². The molecule has 3 N–H and O–H groups in total. The van der Waals surface area contributed by atoms with Crippen molar-refractivity contribution in [2.75, 3.05) is 25.1 Å². The smallest absolute Gasteiger partial charge is 0.250 e. The minimum absolute atomic E-state index is 0.207. The molecule has 1 aromatic rings. The lowest BCUT2D eigenvalue weighted by atomic mass is 10.3. The number of nitrogens with one attached hydrogen (secondary N) is 1. The summed E-state index contributed by atoms with van der Waals surface area (Å²) in [7, 11) is 0. The Hall–Kier alpha value is -1.05. The summed E-state index contributed by atoms with van der Waals surface area (Å²) in [4.78, 5) is 11.3. The van der Waals surface area contributed by atoms with Crippen molar-refractivity contribution in [2.45, 2.75) is 0 Å². The Kier molecular flexibility index (Phi) is 5.46. The van der Waals surface area contributed by atoms with Gasteiger partial charge in [0.05, 0.1) is 6.61 Å². The monoisotopic (exact) mass is 308 g/mol. The number of hydrogen-bond acceptors (Lipinski definition) is 3. The molecule has 0 radical (unpaired) electrons. The first-order chi connectivity index (χ1) is 8.04. The molecule has 17 heavy (non-hydrogen) atoms. The molecule has 0 bridgehead atoms. The molecule has 1 amide bonds. The van der Waals surface area contributed by atoms with E-state index < -0.39 is 23.2 Å². The number of benzene rings is 1. The summed E-state index contributed by atoms with van der Waals surface area (Å²) >= 11 is 2.93. The Bertz CT molecular complexity index is 392. The van der Waals surface area contributed by atoms with Gasteiger partial charge in [0.15, 0.2) is 11.6 Å². The fourth-order valence-corrected chi connectivity index (χ4v) is 1.49. The van der Waals surface area contributed by atoms with Gasteiger partial charge in [-0.15, -0.1) is 0 Å². The van der Waals surface area contributed by atoms with Crippen molar-refractivity contribution >= 4 is 27.5 Å². The second-order valence-electron chi connectivity index (χ2n) is 3.13. The van der Waals surface area contributed by atoms with Crippen molar-refractivity contribution in [3.63, 3.8) is 0 Å². The molecule has 0 unspecified atom stereocenters. The van der Waals surface area contributed by atoms with E-state index in [1.165, 1.54) is 0 Å². The highest BCUT2D eigenvalue weighted by atomic mass is 79.9. The molecule has 0 fully saturated rings. The van der Waals surface area contributed by atoms with Gasteiger partial charge in [-0.05, 0) is 12.1 Å². The second kappa shape index (κ2) is 6.63. The predicted molar refractivity (Wildman–Crippen MR) is 62.6 cm³/mol. The summed E-state index contributed by atoms with van der Waals surface area (Å²) in [5, 5.41) is 2.09. The van der Waals surface area contributed by atoms with Crippen LogP contribution in [0.3, 0.4) is 0 Å². The Morgan fingerprint density at radius 2 is 2.00 bits per heavy atom. The molecule has 0 saturated heterocycles. The number of hydrogen-bond donors (Lipinski definition) is 2. The van der Waals surface area contributed by atoms with E-state index in [9.17, 15) is 13.6 Å². The number of nitrogens with two attached hydrogens (primary N) is 1. The summed E-state index contributed by atoms with van der Waals surface area (Å²) in [6.07, 6.45) is 0. The van der Waals surface area contributed by atoms with Gasteiger partial charge in [-0.1, -0.05) is 15.9 Å². The molecule has 7 heteroatoms. The van der Waals surface area contributed by atoms with Gasteiger partial charge < -0.3 is 15.8 Å². The third-order valence-corrected chi connectivity index (χ3v) is 2.22. The summed E-state index contributed by atoms with van der Waals surface area (Å²) in [6.45, 7) is 0.180. The zero-order chi connectivity index (χ0) is 12.8. The molecule has 1 rings (SSSR count). The fraction of sp³-hybridized carbons (Fsp3) is 0.300. The standard InChI is InChI=1S/C10H11BrF2N2O2/c11-6-3-7(12)10(8(13)4-6)15-9(16)5-17-2-1-14/h3-4H,1-2,5,14H2,(H,15,16). The van der Waals surface area contributed by atoms with Gasteiger partial charge >= 0.3 is 0 Å². The molecule has 0 aromatic heterocycles. The van der Waals surface area contributed by atoms with Gasteiger partial charge in [0.2, 0.25) is 0 Å². The first-order valence-electron chi connectivity index (χ1n) is 4.76. The van der Waals surface area contributed by atoms with Crippen LogP contribution in [0.25, 0.3) is 0 Å². The van der Waals surface area contributed by atoms with E-state index in [4.69, 9.17) is 10.5 Å². The third-order valence-electron chi connectivity index (χ3n) is 1.77. The Labute approximate surface area is 105 Å². The highest BCUT2D eigenvalue weighted by Crippen LogP contribution is 2.23. The second-order valence-corrected chi connectivity index (χ2v) is 4.05. The summed E-state index contributed by atoms with van der Waals surface area (Å²) in [5.41, 5.74) is 4.66. The van der Waals surface area contributed by atoms with E-state index in [1.54, 1.807) is 0 Å². The number of halogens is 3. The Balaban J connectivity index is 2.65. The van der Waals surface area contributed by atoms with Crippen molar-refractivity contribution in [1.82, 2.24) is 0 Å². The molecule has 0 heterocycles. The van der Waals surface area contributed by atoms with Crippen LogP contribution in [0.1, 0.15) is 0 Å². The van der Waals surface area contributed by atoms with E-state index in [2.05, 4.69) is 21.2 Å². The maximum atomic E-state index is 13.3. The van der Waals surface area contributed by atoms with Crippen LogP contribution >= 0.6 is 15.9 Å². The van der Waals surface area contributed by atoms with Crippen LogP contribution in [0.5, 0.6) is 0 Å². The van der Waals surface area contributed by atoms with E-state index in [-0.39, 0.29) is 24.2 Å². The zero-order valence-electron chi connectivity index (χ0n) is 8.80. The van der Waals surface area contributed by atoms with Gasteiger partial charge in [-0.25, -0.2) is 8.78 Å². The van der Waals surface area contributed by atoms with Crippen LogP contribution < -0.4 is 11.1 Å². The molecule has 94 valence electrons. The van der Waals surface area contributed by atoms with E-state index in [1.807, 2.05) is 0 Å². The molecule has 0 saturated carbocycles. The lowest BCUT2D eigenvalue weighted by Gasteiger charge is -2.08. The minimum atomic E-state index is -0.857. The van der Waals surface area contributed by atoms with Crippen LogP contribution in [0.4, 0.5) is 14.5 Å². The van der Waals surface area contributed by atoms with E-state index in [0.29, 0.717) is 0 Å². The van der Waals surface area contributed by atoms with E-state index >= 15 is 0 Å². The largest absolute Gasteiger partial charge is 0.370 e. The molecular weight excluding hydrogens is 298 g/mol. The summed E-state index contributed by atoms with van der Waals surface area (Å²) < 4.78 is 31.7. The number of rotatable bonds is 5. The van der Waals surface area contributed by atoms with Gasteiger partial charge in [-0.2, -0.15) is 0 Å². The van der Waals surface area contributed by atoms with Crippen molar-refractivity contribution in [3.05, 3.63) is 28.2 Å². The molecule has 0 aliphatic carbocycles. The number of carbonyl (C=O) groups excluding carboxylic acids is 1. The van der Waals surface area contributed by atoms with Crippen LogP contribution in [-0.2, 0) is 9.53 Å². The molecular formula is C10H11BrF2N2O2. The predicted octanol–water partition coefficient (Wildman–Crippen LogP) is 1.64. The fourth-order valence-electron chi connectivity index (χ4n) is 1.09. The quantitative estimate of drug-likeness (QED) is 0.813. The lowest BCUT2D eigenvalue weighted by Crippen LogP contribution is -2.21. The van der Waals surface area contributed by atoms with Crippen LogP contribution in [-0.4, -0.2) is 25.7 Å². The minimum Gasteiger partial charge on any atom is -0.370 e. The number of ether oxygens (including phenoxy) is 1. The van der Waals surface area contributed by atoms with Gasteiger partial charge in [0.25, 0.3) is 5.91 Å². The first-order valence-corrected chi connectivity index (χ1v) is 5.56. The highest BCUT2D eigenvalue weighted by molar-refractivity contribution is 9.10. The Morgan fingerprint density at radius 1 is 1.41 bits per heavy atom. The van der Waals surface area contributed by atoms with Gasteiger partial charge in [0, 0.05) is 11.0 Å². The lowest BCUT2D eigenvalue weighted by molar-refractivity contribution is -0.120. The van der Waals surface area contributed by atoms with Crippen molar-refractivity contribution in [2.24, 2.45) is 5.73 Å². The number of carbonyl (C=O) groups is 1. The maximum absolute atomic E-state index is 13.3. The Morgan fingerprint density at radius 3 is 2.53 bits per heavy atom. The average molecular weight is 309 g/mol. The van der Waals surface area contributed by atoms with Crippen LogP contribution in [0.15, 0.2) is 16.6 Å². The number of anilines is 1. The normalized spacial score (nSPS) is 10.4. The molecule has 0 atom stereocenters. The van der Waals surface area contributed by atoms with Crippen molar-refractivity contribution in [1.29, 1.82) is 0 Å². The average Bonchev–Trinajstić information content (AvgIpc) is 2.24. The SMILES string of the molecule is NCCOCC(=O)Nc1c(F)cc(Br)cc1F. The third kappa shape index (κ3) is 4.37. The first kappa shape index (κ1) is 14.0. The van der Waals surface area contributed by atoms with Crippen molar-refractivity contribution < 1.29 is 18.3 Å². The topological polar surface area (TPSA) is 64.3 Å². The highest BCUT2D eigenvalue weighted by Gasteiger charge is 2.13.